The van der Waals surface area contributed by atoms with Crippen molar-refractivity contribution >= 4 is 11.7 Å². The molecule has 2 rings (SSSR count). The predicted octanol–water partition coefficient (Wildman–Crippen LogP) is -0.515. The first-order valence-electron chi connectivity index (χ1n) is 5.22. The van der Waals surface area contributed by atoms with E-state index in [1.54, 1.807) is 0 Å². The topological polar surface area (TPSA) is 78.1 Å². The van der Waals surface area contributed by atoms with Crippen molar-refractivity contribution in [2.24, 2.45) is 0 Å². The highest BCUT2D eigenvalue weighted by molar-refractivity contribution is 5.73. The Bertz CT molecular complexity index is 442. The molecule has 0 saturated carbocycles. The minimum atomic E-state index is -0.159. The van der Waals surface area contributed by atoms with Gasteiger partial charge in [-0.2, -0.15) is 0 Å². The third-order valence-corrected chi connectivity index (χ3v) is 2.58. The zero-order valence-electron chi connectivity index (χ0n) is 9.06. The lowest BCUT2D eigenvalue weighted by Crippen LogP contribution is -2.35. The molecule has 0 spiro atoms. The maximum absolute atomic E-state index is 11.1. The van der Waals surface area contributed by atoms with Gasteiger partial charge < -0.3 is 15.2 Å². The van der Waals surface area contributed by atoms with Gasteiger partial charge in [-0.15, -0.1) is 0 Å². The number of carbonyl (C=O) groups is 1. The van der Waals surface area contributed by atoms with E-state index in [4.69, 9.17) is 0 Å². The first-order chi connectivity index (χ1) is 7.65. The number of rotatable bonds is 2. The molecule has 86 valence electrons. The third-order valence-electron chi connectivity index (χ3n) is 2.58. The van der Waals surface area contributed by atoms with Crippen molar-refractivity contribution in [1.82, 2.24) is 15.3 Å². The Morgan fingerprint density at radius 3 is 3.19 bits per heavy atom. The summed E-state index contributed by atoms with van der Waals surface area (Å²) in [4.78, 5) is 30.6. The fraction of sp³-hybridized carbons (Fsp3) is 0.500. The van der Waals surface area contributed by atoms with E-state index in [0.717, 1.165) is 13.0 Å². The maximum atomic E-state index is 11.1. The van der Waals surface area contributed by atoms with Crippen molar-refractivity contribution in [2.75, 3.05) is 18.0 Å². The average Bonchev–Trinajstić information content (AvgIpc) is 2.65. The number of nitrogens with one attached hydrogen (secondary N) is 2. The van der Waals surface area contributed by atoms with Crippen LogP contribution in [-0.4, -0.2) is 35.0 Å². The molecular formula is C10H14N4O2. The molecule has 0 radical (unpaired) electrons. The van der Waals surface area contributed by atoms with Crippen LogP contribution in [-0.2, 0) is 4.79 Å². The molecule has 1 aromatic rings. The molecule has 6 heteroatoms. The summed E-state index contributed by atoms with van der Waals surface area (Å²) in [6.07, 6.45) is 2.28. The molecule has 1 aliphatic heterocycles. The van der Waals surface area contributed by atoms with Crippen LogP contribution in [0, 0.1) is 0 Å². The molecule has 2 heterocycles. The number of aromatic amines is 1. The fourth-order valence-corrected chi connectivity index (χ4v) is 1.90. The second kappa shape index (κ2) is 4.34. The van der Waals surface area contributed by atoms with Gasteiger partial charge in [0, 0.05) is 32.1 Å². The Balaban J connectivity index is 2.03. The minimum absolute atomic E-state index is 0.0225. The van der Waals surface area contributed by atoms with E-state index in [9.17, 15) is 9.59 Å². The zero-order chi connectivity index (χ0) is 11.5. The third kappa shape index (κ3) is 2.39. The molecule has 1 aliphatic rings. The number of nitrogens with zero attached hydrogens (tertiary/aromatic N) is 2. The number of carbonyl (C=O) groups excluding carboxylic acids is 1. The molecule has 0 aromatic carbocycles. The Morgan fingerprint density at radius 2 is 2.50 bits per heavy atom. The van der Waals surface area contributed by atoms with E-state index in [2.05, 4.69) is 15.3 Å². The second-order valence-electron chi connectivity index (χ2n) is 3.90. The fourth-order valence-electron chi connectivity index (χ4n) is 1.90. The summed E-state index contributed by atoms with van der Waals surface area (Å²) in [5.41, 5.74) is -0.159. The standard InChI is InChI=1S/C10H14N4O2/c1-7(15)13-8-2-3-14(5-8)9-4-10(16)12-6-11-9/h4,6,8H,2-3,5H2,1H3,(H,13,15)(H,11,12,16). The van der Waals surface area contributed by atoms with Crippen molar-refractivity contribution in [3.05, 3.63) is 22.7 Å². The van der Waals surface area contributed by atoms with Crippen molar-refractivity contribution < 1.29 is 4.79 Å². The second-order valence-corrected chi connectivity index (χ2v) is 3.90. The van der Waals surface area contributed by atoms with Gasteiger partial charge in [-0.3, -0.25) is 9.59 Å². The highest BCUT2D eigenvalue weighted by Crippen LogP contribution is 2.15. The van der Waals surface area contributed by atoms with Gasteiger partial charge in [-0.1, -0.05) is 0 Å². The van der Waals surface area contributed by atoms with Gasteiger partial charge in [0.15, 0.2) is 0 Å². The zero-order valence-corrected chi connectivity index (χ0v) is 9.06. The Kier molecular flexibility index (Phi) is 2.89. The van der Waals surface area contributed by atoms with Crippen molar-refractivity contribution in [1.29, 1.82) is 0 Å². The summed E-state index contributed by atoms with van der Waals surface area (Å²) in [7, 11) is 0. The number of H-pyrrole nitrogens is 1. The molecule has 6 nitrogen and oxygen atoms in total. The summed E-state index contributed by atoms with van der Waals surface area (Å²) in [6.45, 7) is 3.02. The average molecular weight is 222 g/mol. The molecule has 0 aliphatic carbocycles. The van der Waals surface area contributed by atoms with Crippen LogP contribution in [0.1, 0.15) is 13.3 Å². The summed E-state index contributed by atoms with van der Waals surface area (Å²) < 4.78 is 0. The summed E-state index contributed by atoms with van der Waals surface area (Å²) in [5, 5.41) is 2.86. The Hall–Kier alpha value is -1.85. The van der Waals surface area contributed by atoms with Crippen molar-refractivity contribution in [3.63, 3.8) is 0 Å². The van der Waals surface area contributed by atoms with Gasteiger partial charge in [0.1, 0.15) is 5.82 Å². The molecule has 1 amide bonds. The first kappa shape index (κ1) is 10.7. The summed E-state index contributed by atoms with van der Waals surface area (Å²) in [6, 6.07) is 1.62. The number of anilines is 1. The van der Waals surface area contributed by atoms with Crippen LogP contribution in [0.5, 0.6) is 0 Å². The van der Waals surface area contributed by atoms with Crippen molar-refractivity contribution in [2.45, 2.75) is 19.4 Å². The van der Waals surface area contributed by atoms with E-state index >= 15 is 0 Å². The van der Waals surface area contributed by atoms with Gasteiger partial charge in [-0.25, -0.2) is 4.98 Å². The maximum Gasteiger partial charge on any atom is 0.252 e. The minimum Gasteiger partial charge on any atom is -0.354 e. The normalized spacial score (nSPS) is 19.8. The van der Waals surface area contributed by atoms with Crippen LogP contribution in [0.3, 0.4) is 0 Å². The lowest BCUT2D eigenvalue weighted by Gasteiger charge is -2.16. The number of aromatic nitrogens is 2. The van der Waals surface area contributed by atoms with Crippen LogP contribution in [0.2, 0.25) is 0 Å². The molecule has 2 N–H and O–H groups in total. The summed E-state index contributed by atoms with van der Waals surface area (Å²) in [5.74, 6) is 0.641. The smallest absolute Gasteiger partial charge is 0.252 e. The van der Waals surface area contributed by atoms with E-state index in [1.807, 2.05) is 4.90 Å². The highest BCUT2D eigenvalue weighted by atomic mass is 16.1. The van der Waals surface area contributed by atoms with Crippen LogP contribution in [0.25, 0.3) is 0 Å². The lowest BCUT2D eigenvalue weighted by molar-refractivity contribution is -0.119. The van der Waals surface area contributed by atoms with Gasteiger partial charge in [-0.05, 0) is 6.42 Å². The largest absolute Gasteiger partial charge is 0.354 e. The molecule has 1 unspecified atom stereocenters. The van der Waals surface area contributed by atoms with Crippen LogP contribution >= 0.6 is 0 Å². The van der Waals surface area contributed by atoms with Gasteiger partial charge in [0.05, 0.1) is 6.33 Å². The number of hydrogen-bond acceptors (Lipinski definition) is 4. The monoisotopic (exact) mass is 222 g/mol. The Labute approximate surface area is 92.7 Å². The highest BCUT2D eigenvalue weighted by Gasteiger charge is 2.23. The molecule has 1 saturated heterocycles. The summed E-state index contributed by atoms with van der Waals surface area (Å²) >= 11 is 0. The van der Waals surface area contributed by atoms with Crippen LogP contribution in [0.4, 0.5) is 5.82 Å². The van der Waals surface area contributed by atoms with Crippen LogP contribution < -0.4 is 15.8 Å². The van der Waals surface area contributed by atoms with E-state index < -0.39 is 0 Å². The lowest BCUT2D eigenvalue weighted by atomic mass is 10.3. The van der Waals surface area contributed by atoms with Gasteiger partial charge in [0.25, 0.3) is 5.56 Å². The molecule has 1 aromatic heterocycles. The van der Waals surface area contributed by atoms with Crippen molar-refractivity contribution in [3.8, 4) is 0 Å². The molecular weight excluding hydrogens is 208 g/mol. The Morgan fingerprint density at radius 1 is 1.69 bits per heavy atom. The number of amides is 1. The predicted molar refractivity (Wildman–Crippen MR) is 59.3 cm³/mol. The van der Waals surface area contributed by atoms with E-state index in [-0.39, 0.29) is 17.5 Å². The molecule has 16 heavy (non-hydrogen) atoms. The molecule has 0 bridgehead atoms. The quantitative estimate of drug-likeness (QED) is 0.706. The van der Waals surface area contributed by atoms with E-state index in [1.165, 1.54) is 19.3 Å². The van der Waals surface area contributed by atoms with Gasteiger partial charge >= 0.3 is 0 Å². The van der Waals surface area contributed by atoms with Gasteiger partial charge in [0.2, 0.25) is 5.91 Å². The first-order valence-corrected chi connectivity index (χ1v) is 5.22. The van der Waals surface area contributed by atoms with E-state index in [0.29, 0.717) is 12.4 Å². The van der Waals surface area contributed by atoms with Crippen LogP contribution in [0.15, 0.2) is 17.2 Å². The molecule has 1 atom stereocenters. The number of hydrogen-bond donors (Lipinski definition) is 2. The molecule has 1 fully saturated rings. The SMILES string of the molecule is CC(=O)NC1CCN(c2cc(=O)[nH]cn2)C1.